The van der Waals surface area contributed by atoms with Crippen molar-refractivity contribution < 1.29 is 0 Å². The minimum Gasteiger partial charge on any atom is -0.305 e. The zero-order valence-corrected chi connectivity index (χ0v) is 7.80. The molecule has 2 aromatic heterocycles. The molecule has 0 bridgehead atoms. The van der Waals surface area contributed by atoms with Gasteiger partial charge in [-0.05, 0) is 0 Å². The van der Waals surface area contributed by atoms with Crippen LogP contribution in [0.5, 0.6) is 0 Å². The summed E-state index contributed by atoms with van der Waals surface area (Å²) in [6.07, 6.45) is 3.78. The molecule has 0 amide bonds. The first-order valence-corrected chi connectivity index (χ1v) is 4.25. The molecule has 0 aliphatic rings. The number of H-pyrrole nitrogens is 1. The zero-order chi connectivity index (χ0) is 9.80. The summed E-state index contributed by atoms with van der Waals surface area (Å²) in [5.41, 5.74) is 1.14. The van der Waals surface area contributed by atoms with Gasteiger partial charge in [0.05, 0.1) is 12.7 Å². The first kappa shape index (κ1) is 8.82. The molecule has 0 aromatic carbocycles. The third-order valence-corrected chi connectivity index (χ3v) is 1.76. The minimum atomic E-state index is 0.603. The predicted octanol–water partition coefficient (Wildman–Crippen LogP) is -0.777. The molecule has 2 aromatic rings. The topological polar surface area (TPSA) is 84.3 Å². The molecular formula is C7H11N7. The Morgan fingerprint density at radius 2 is 2.43 bits per heavy atom. The van der Waals surface area contributed by atoms with Gasteiger partial charge in [-0.1, -0.05) is 5.21 Å². The molecule has 2 rings (SSSR count). The molecule has 0 saturated carbocycles. The van der Waals surface area contributed by atoms with E-state index in [1.807, 2.05) is 19.4 Å². The van der Waals surface area contributed by atoms with Crippen molar-refractivity contribution in [2.24, 2.45) is 7.05 Å². The lowest BCUT2D eigenvalue weighted by atomic mass is 10.3. The summed E-state index contributed by atoms with van der Waals surface area (Å²) in [4.78, 5) is 0. The van der Waals surface area contributed by atoms with Gasteiger partial charge in [0.15, 0.2) is 5.82 Å². The van der Waals surface area contributed by atoms with E-state index in [2.05, 4.69) is 31.0 Å². The summed E-state index contributed by atoms with van der Waals surface area (Å²) in [6.45, 7) is 1.35. The van der Waals surface area contributed by atoms with Gasteiger partial charge in [0.25, 0.3) is 0 Å². The normalized spacial score (nSPS) is 10.6. The number of nitrogens with one attached hydrogen (secondary N) is 2. The van der Waals surface area contributed by atoms with E-state index in [4.69, 9.17) is 0 Å². The maximum absolute atomic E-state index is 4.06. The molecule has 0 radical (unpaired) electrons. The molecule has 2 heterocycles. The van der Waals surface area contributed by atoms with Crippen molar-refractivity contribution in [2.75, 3.05) is 0 Å². The number of hydrogen-bond donors (Lipinski definition) is 2. The Morgan fingerprint density at radius 1 is 1.50 bits per heavy atom. The van der Waals surface area contributed by atoms with Crippen LogP contribution in [0.4, 0.5) is 0 Å². The second-order valence-electron chi connectivity index (χ2n) is 2.95. The Morgan fingerprint density at radius 3 is 3.07 bits per heavy atom. The highest BCUT2D eigenvalue weighted by atomic mass is 15.5. The monoisotopic (exact) mass is 193 g/mol. The summed E-state index contributed by atoms with van der Waals surface area (Å²) in [6, 6.07) is 0. The van der Waals surface area contributed by atoms with Crippen LogP contribution in [0.15, 0.2) is 12.4 Å². The van der Waals surface area contributed by atoms with Gasteiger partial charge in [-0.15, -0.1) is 10.2 Å². The Hall–Kier alpha value is -1.76. The van der Waals surface area contributed by atoms with Crippen LogP contribution in [0.25, 0.3) is 0 Å². The van der Waals surface area contributed by atoms with Crippen LogP contribution < -0.4 is 5.32 Å². The number of nitrogens with zero attached hydrogens (tertiary/aromatic N) is 5. The van der Waals surface area contributed by atoms with Crippen LogP contribution in [-0.2, 0) is 20.1 Å². The second kappa shape index (κ2) is 3.97. The van der Waals surface area contributed by atoms with Gasteiger partial charge in [-0.2, -0.15) is 10.3 Å². The fourth-order valence-corrected chi connectivity index (χ4v) is 1.14. The number of aromatic nitrogens is 6. The van der Waals surface area contributed by atoms with E-state index in [-0.39, 0.29) is 0 Å². The zero-order valence-electron chi connectivity index (χ0n) is 7.80. The van der Waals surface area contributed by atoms with Gasteiger partial charge in [0.1, 0.15) is 0 Å². The largest absolute Gasteiger partial charge is 0.305 e. The summed E-state index contributed by atoms with van der Waals surface area (Å²) in [7, 11) is 1.89. The first-order valence-electron chi connectivity index (χ1n) is 4.25. The van der Waals surface area contributed by atoms with E-state index in [0.29, 0.717) is 12.4 Å². The highest BCUT2D eigenvalue weighted by molar-refractivity contribution is 5.02. The Kier molecular flexibility index (Phi) is 2.50. The van der Waals surface area contributed by atoms with E-state index in [9.17, 15) is 0 Å². The van der Waals surface area contributed by atoms with Crippen LogP contribution in [0.3, 0.4) is 0 Å². The van der Waals surface area contributed by atoms with E-state index in [0.717, 1.165) is 12.1 Å². The molecule has 14 heavy (non-hydrogen) atoms. The summed E-state index contributed by atoms with van der Waals surface area (Å²) >= 11 is 0. The van der Waals surface area contributed by atoms with Crippen LogP contribution >= 0.6 is 0 Å². The van der Waals surface area contributed by atoms with Crippen molar-refractivity contribution in [3.05, 3.63) is 23.8 Å². The minimum absolute atomic E-state index is 0.603. The van der Waals surface area contributed by atoms with E-state index in [1.54, 1.807) is 4.68 Å². The molecule has 0 fully saturated rings. The van der Waals surface area contributed by atoms with Crippen molar-refractivity contribution in [1.82, 2.24) is 35.7 Å². The molecule has 2 N–H and O–H groups in total. The van der Waals surface area contributed by atoms with Crippen molar-refractivity contribution in [2.45, 2.75) is 13.1 Å². The maximum atomic E-state index is 4.06. The number of hydrogen-bond acceptors (Lipinski definition) is 5. The molecule has 0 aliphatic carbocycles. The van der Waals surface area contributed by atoms with Crippen molar-refractivity contribution in [3.8, 4) is 0 Å². The van der Waals surface area contributed by atoms with Gasteiger partial charge in [-0.3, -0.25) is 4.68 Å². The van der Waals surface area contributed by atoms with Crippen molar-refractivity contribution >= 4 is 0 Å². The summed E-state index contributed by atoms with van der Waals surface area (Å²) < 4.78 is 1.77. The number of aromatic amines is 1. The Labute approximate surface area is 80.5 Å². The summed E-state index contributed by atoms with van der Waals surface area (Å²) in [5, 5.41) is 20.7. The maximum Gasteiger partial charge on any atom is 0.188 e. The molecule has 7 nitrogen and oxygen atoms in total. The SMILES string of the molecule is Cn1cc(CNCc2nn[nH]n2)cn1. The molecule has 7 heteroatoms. The first-order chi connectivity index (χ1) is 6.84. The average molecular weight is 193 g/mol. The lowest BCUT2D eigenvalue weighted by Crippen LogP contribution is -2.13. The quantitative estimate of drug-likeness (QED) is 0.665. The standard InChI is InChI=1S/C7H11N7/c1-14-5-6(3-9-14)2-8-4-7-10-12-13-11-7/h3,5,8H,2,4H2,1H3,(H,10,11,12,13). The third-order valence-electron chi connectivity index (χ3n) is 1.76. The number of rotatable bonds is 4. The third kappa shape index (κ3) is 2.13. The molecular weight excluding hydrogens is 182 g/mol. The number of aryl methyl sites for hydroxylation is 1. The Bertz CT molecular complexity index is 376. The van der Waals surface area contributed by atoms with Gasteiger partial charge in [-0.25, -0.2) is 0 Å². The van der Waals surface area contributed by atoms with Crippen LogP contribution in [0.1, 0.15) is 11.4 Å². The molecule has 0 atom stereocenters. The van der Waals surface area contributed by atoms with E-state index in [1.165, 1.54) is 0 Å². The highest BCUT2D eigenvalue weighted by Crippen LogP contribution is 1.95. The van der Waals surface area contributed by atoms with Gasteiger partial charge in [0.2, 0.25) is 0 Å². The van der Waals surface area contributed by atoms with Crippen LogP contribution in [0.2, 0.25) is 0 Å². The lowest BCUT2D eigenvalue weighted by Gasteiger charge is -1.97. The molecule has 0 spiro atoms. The summed E-state index contributed by atoms with van der Waals surface area (Å²) in [5.74, 6) is 0.661. The molecule has 0 saturated heterocycles. The molecule has 0 aliphatic heterocycles. The van der Waals surface area contributed by atoms with Crippen molar-refractivity contribution in [1.29, 1.82) is 0 Å². The van der Waals surface area contributed by atoms with Gasteiger partial charge in [0, 0.05) is 25.4 Å². The highest BCUT2D eigenvalue weighted by Gasteiger charge is 1.98. The molecule has 0 unspecified atom stereocenters. The Balaban J connectivity index is 1.78. The van der Waals surface area contributed by atoms with Crippen LogP contribution in [-0.4, -0.2) is 30.4 Å². The number of tetrazole rings is 1. The fourth-order valence-electron chi connectivity index (χ4n) is 1.14. The van der Waals surface area contributed by atoms with Gasteiger partial charge >= 0.3 is 0 Å². The second-order valence-corrected chi connectivity index (χ2v) is 2.95. The van der Waals surface area contributed by atoms with E-state index >= 15 is 0 Å². The van der Waals surface area contributed by atoms with Crippen molar-refractivity contribution in [3.63, 3.8) is 0 Å². The average Bonchev–Trinajstić information content (AvgIpc) is 2.77. The van der Waals surface area contributed by atoms with E-state index < -0.39 is 0 Å². The fraction of sp³-hybridized carbons (Fsp3) is 0.429. The van der Waals surface area contributed by atoms with Gasteiger partial charge < -0.3 is 5.32 Å². The predicted molar refractivity (Wildman–Crippen MR) is 47.9 cm³/mol. The lowest BCUT2D eigenvalue weighted by molar-refractivity contribution is 0.662. The molecule has 74 valence electrons. The van der Waals surface area contributed by atoms with Crippen LogP contribution in [0, 0.1) is 0 Å². The smallest absolute Gasteiger partial charge is 0.188 e.